The average molecular weight is 621 g/mol. The number of carboxylic acid groups (broad SMARTS) is 1. The van der Waals surface area contributed by atoms with Crippen molar-refractivity contribution in [3.05, 3.63) is 89.9 Å². The Kier molecular flexibility index (Phi) is 8.73. The first-order chi connectivity index (χ1) is 21.1. The van der Waals surface area contributed by atoms with Crippen LogP contribution in [0.25, 0.3) is 10.8 Å². The lowest BCUT2D eigenvalue weighted by molar-refractivity contribution is -0.143. The van der Waals surface area contributed by atoms with Crippen LogP contribution in [0.15, 0.2) is 77.8 Å². The minimum absolute atomic E-state index is 0.0101. The number of hydrogen-bond acceptors (Lipinski definition) is 8. The van der Waals surface area contributed by atoms with Gasteiger partial charge in [0.05, 0.1) is 29.2 Å². The van der Waals surface area contributed by atoms with Crippen LogP contribution in [0.2, 0.25) is 0 Å². The van der Waals surface area contributed by atoms with Crippen LogP contribution in [0.5, 0.6) is 5.75 Å². The van der Waals surface area contributed by atoms with Crippen molar-refractivity contribution in [2.24, 2.45) is 5.92 Å². The zero-order valence-electron chi connectivity index (χ0n) is 24.2. The molecule has 12 heteroatoms. The molecule has 1 amide bonds. The number of halogens is 1. The van der Waals surface area contributed by atoms with E-state index in [2.05, 4.69) is 10.3 Å². The minimum Gasteiger partial charge on any atom is -0.491 e. The number of aromatic nitrogens is 1. The fourth-order valence-electron chi connectivity index (χ4n) is 5.72. The van der Waals surface area contributed by atoms with Crippen molar-refractivity contribution in [3.8, 4) is 5.75 Å². The molecule has 4 aromatic rings. The van der Waals surface area contributed by atoms with Gasteiger partial charge in [-0.3, -0.25) is 9.59 Å². The summed E-state index contributed by atoms with van der Waals surface area (Å²) >= 11 is 0. The molecule has 0 aliphatic carbocycles. The molecule has 1 aliphatic heterocycles. The number of ether oxygens (including phenoxy) is 1. The van der Waals surface area contributed by atoms with E-state index >= 15 is 0 Å². The number of anilines is 2. The molecule has 2 unspecified atom stereocenters. The number of nitrogens with zero attached hydrogens (tertiary/aromatic N) is 2. The highest BCUT2D eigenvalue weighted by atomic mass is 32.2. The largest absolute Gasteiger partial charge is 0.491 e. The summed E-state index contributed by atoms with van der Waals surface area (Å²) in [6.45, 7) is 3.49. The molecule has 1 aliphatic rings. The first-order valence-electron chi connectivity index (χ1n) is 14.2. The molecule has 1 saturated heterocycles. The van der Waals surface area contributed by atoms with E-state index in [-0.39, 0.29) is 41.5 Å². The monoisotopic (exact) mass is 620 g/mol. The van der Waals surface area contributed by atoms with E-state index < -0.39 is 45.5 Å². The van der Waals surface area contributed by atoms with Gasteiger partial charge in [-0.2, -0.15) is 0 Å². The van der Waals surface area contributed by atoms with Gasteiger partial charge in [0, 0.05) is 23.8 Å². The molecule has 5 rings (SSSR count). The second-order valence-electron chi connectivity index (χ2n) is 10.5. The minimum atomic E-state index is -3.75. The molecule has 0 saturated carbocycles. The van der Waals surface area contributed by atoms with Crippen LogP contribution >= 0.6 is 0 Å². The highest BCUT2D eigenvalue weighted by Gasteiger charge is 2.45. The zero-order valence-corrected chi connectivity index (χ0v) is 25.1. The lowest BCUT2D eigenvalue weighted by Gasteiger charge is -2.32. The van der Waals surface area contributed by atoms with E-state index in [9.17, 15) is 27.5 Å². The lowest BCUT2D eigenvalue weighted by Crippen LogP contribution is -2.39. The number of amides is 1. The Morgan fingerprint density at radius 2 is 1.91 bits per heavy atom. The number of benzene rings is 3. The van der Waals surface area contributed by atoms with Crippen molar-refractivity contribution >= 4 is 44.0 Å². The number of likely N-dealkylation sites (tertiary alicyclic amines) is 1. The number of nitrogens with one attached hydrogen (secondary N) is 1. The predicted molar refractivity (Wildman–Crippen MR) is 164 cm³/mol. The number of carbonyl (C=O) groups excluding carboxylic acids is 1. The Bertz CT molecular complexity index is 1830. The van der Waals surface area contributed by atoms with Gasteiger partial charge in [-0.25, -0.2) is 17.8 Å². The van der Waals surface area contributed by atoms with Crippen LogP contribution in [0.4, 0.5) is 15.9 Å². The molecule has 230 valence electrons. The Hall–Kier alpha value is -4.71. The van der Waals surface area contributed by atoms with Gasteiger partial charge in [0.25, 0.3) is 0 Å². The number of sulfone groups is 1. The predicted octanol–water partition coefficient (Wildman–Crippen LogP) is 4.98. The summed E-state index contributed by atoms with van der Waals surface area (Å²) in [6, 6.07) is 15.2. The van der Waals surface area contributed by atoms with Gasteiger partial charge >= 0.3 is 5.97 Å². The van der Waals surface area contributed by atoms with E-state index in [1.54, 1.807) is 55.6 Å². The fraction of sp³-hybridized carbons (Fsp3) is 0.281. The van der Waals surface area contributed by atoms with Crippen LogP contribution in [0.3, 0.4) is 0 Å². The summed E-state index contributed by atoms with van der Waals surface area (Å²) in [7, 11) is -3.75. The molecule has 10 nitrogen and oxygen atoms in total. The third kappa shape index (κ3) is 5.89. The molecule has 3 atom stereocenters. The highest BCUT2D eigenvalue weighted by molar-refractivity contribution is 7.91. The topological polar surface area (TPSA) is 152 Å². The number of pyridine rings is 1. The Labute approximate surface area is 254 Å². The molecule has 2 heterocycles. The molecule has 1 fully saturated rings. The van der Waals surface area contributed by atoms with Crippen LogP contribution in [0, 0.1) is 11.7 Å². The van der Waals surface area contributed by atoms with Gasteiger partial charge in [0.1, 0.15) is 11.9 Å². The molecule has 0 spiro atoms. The quantitative estimate of drug-likeness (QED) is 0.223. The van der Waals surface area contributed by atoms with E-state index in [1.807, 2.05) is 0 Å². The normalized spacial score (nSPS) is 17.4. The molecular weight excluding hydrogens is 587 g/mol. The van der Waals surface area contributed by atoms with Crippen molar-refractivity contribution in [3.63, 3.8) is 0 Å². The summed E-state index contributed by atoms with van der Waals surface area (Å²) in [5, 5.41) is 14.9. The third-order valence-electron chi connectivity index (χ3n) is 7.89. The average Bonchev–Trinajstić information content (AvgIpc) is 3.47. The maximum atomic E-state index is 14.6. The van der Waals surface area contributed by atoms with Crippen LogP contribution in [-0.2, 0) is 19.4 Å². The van der Waals surface area contributed by atoms with E-state index in [0.29, 0.717) is 17.1 Å². The molecule has 1 aromatic heterocycles. The molecule has 4 N–H and O–H groups in total. The number of carboxylic acids is 1. The number of nitrogens with two attached hydrogens (primary N) is 1. The standard InChI is InChI=1S/C32H33FN4O6S/c1-3-43-26-18-20(9-12-25(26)33)28(36-21-10-11-22-19(17-21)13-15-35-30(22)34)31(38)37-16-14-24(32(39)40)29(37)23-7-5-6-8-27(23)44(41,42)4-2/h5-13,15,17-18,24,28-29,36H,3-4,14,16H2,1-2H3,(H2,34,35)(H,39,40)/t24?,28-,29?/m0/s1. The van der Waals surface area contributed by atoms with Crippen LogP contribution in [-0.4, -0.2) is 54.2 Å². The molecule has 3 aromatic carbocycles. The second kappa shape index (κ2) is 12.5. The van der Waals surface area contributed by atoms with Crippen molar-refractivity contribution in [1.29, 1.82) is 0 Å². The molecule has 0 bridgehead atoms. The fourth-order valence-corrected chi connectivity index (χ4v) is 6.87. The maximum absolute atomic E-state index is 14.6. The van der Waals surface area contributed by atoms with Crippen molar-refractivity contribution in [1.82, 2.24) is 9.88 Å². The number of rotatable bonds is 10. The summed E-state index contributed by atoms with van der Waals surface area (Å²) in [5.41, 5.74) is 7.18. The number of nitrogen functional groups attached to an aromatic ring is 1. The smallest absolute Gasteiger partial charge is 0.309 e. The maximum Gasteiger partial charge on any atom is 0.309 e. The van der Waals surface area contributed by atoms with Crippen LogP contribution in [0.1, 0.15) is 43.5 Å². The summed E-state index contributed by atoms with van der Waals surface area (Å²) in [5.74, 6) is -3.17. The number of carbonyl (C=O) groups is 2. The first-order valence-corrected chi connectivity index (χ1v) is 15.9. The van der Waals surface area contributed by atoms with Crippen LogP contribution < -0.4 is 15.8 Å². The summed E-state index contributed by atoms with van der Waals surface area (Å²) in [6.07, 6.45) is 1.69. The van der Waals surface area contributed by atoms with Gasteiger partial charge < -0.3 is 25.8 Å². The molecule has 0 radical (unpaired) electrons. The van der Waals surface area contributed by atoms with Gasteiger partial charge in [0.15, 0.2) is 21.4 Å². The molecular formula is C32H33FN4O6S. The number of aliphatic carboxylic acids is 1. The number of fused-ring (bicyclic) bond motifs is 1. The number of hydrogen-bond donors (Lipinski definition) is 3. The second-order valence-corrected chi connectivity index (χ2v) is 12.7. The zero-order chi connectivity index (χ0) is 31.6. The lowest BCUT2D eigenvalue weighted by atomic mass is 9.93. The first kappa shape index (κ1) is 30.7. The highest BCUT2D eigenvalue weighted by Crippen LogP contribution is 2.42. The van der Waals surface area contributed by atoms with Crippen molar-refractivity contribution < 1.29 is 32.2 Å². The van der Waals surface area contributed by atoms with Gasteiger partial charge in [-0.15, -0.1) is 0 Å². The Balaban J connectivity index is 1.62. The van der Waals surface area contributed by atoms with Crippen molar-refractivity contribution in [2.75, 3.05) is 30.0 Å². The van der Waals surface area contributed by atoms with Gasteiger partial charge in [-0.05, 0) is 72.3 Å². The van der Waals surface area contributed by atoms with Gasteiger partial charge in [-0.1, -0.05) is 31.2 Å². The van der Waals surface area contributed by atoms with Gasteiger partial charge in [0.2, 0.25) is 5.91 Å². The third-order valence-corrected chi connectivity index (χ3v) is 9.69. The van der Waals surface area contributed by atoms with E-state index in [0.717, 1.165) is 10.8 Å². The molecule has 44 heavy (non-hydrogen) atoms. The summed E-state index contributed by atoms with van der Waals surface area (Å²) < 4.78 is 46.2. The van der Waals surface area contributed by atoms with E-state index in [1.165, 1.54) is 36.1 Å². The summed E-state index contributed by atoms with van der Waals surface area (Å²) in [4.78, 5) is 32.5. The Morgan fingerprint density at radius 3 is 2.64 bits per heavy atom. The Morgan fingerprint density at radius 1 is 1.14 bits per heavy atom. The van der Waals surface area contributed by atoms with E-state index in [4.69, 9.17) is 10.5 Å². The SMILES string of the molecule is CCOc1cc([C@H](Nc2ccc3c(N)nccc3c2)C(=O)N2CCC(C(=O)O)C2c2ccccc2S(=O)(=O)CC)ccc1F. The van der Waals surface area contributed by atoms with Crippen molar-refractivity contribution in [2.45, 2.75) is 37.2 Å².